The number of carbonyl (C=O) groups is 2. The first-order valence-corrected chi connectivity index (χ1v) is 14.1. The van der Waals surface area contributed by atoms with Gasteiger partial charge < -0.3 is 30.3 Å². The third-order valence-electron chi connectivity index (χ3n) is 7.28. The molecule has 0 atom stereocenters. The number of likely N-dealkylation sites (N-methyl/N-ethyl adjacent to an activating group) is 1. The Kier molecular flexibility index (Phi) is 10.4. The standard InChI is InChI=1S/C33H40N4O4/c1-5-27(6-2)35-33(39)36-29-15-16-30(31(21-29)40-4)41-22-23-7-13-28(14-8-23)34-32(38)26-11-9-24(10-12-26)25-17-19-37(3)20-18-25/h7-17,21,27H,5-6,18-20,22H2,1-4H3,(H,34,38)(H2,35,36,39). The maximum absolute atomic E-state index is 12.8. The second-order valence-electron chi connectivity index (χ2n) is 10.2. The minimum atomic E-state index is -0.246. The number of rotatable bonds is 11. The van der Waals surface area contributed by atoms with E-state index in [1.165, 1.54) is 11.1 Å². The Labute approximate surface area is 242 Å². The highest BCUT2D eigenvalue weighted by Crippen LogP contribution is 2.31. The van der Waals surface area contributed by atoms with Gasteiger partial charge in [0.2, 0.25) is 0 Å². The van der Waals surface area contributed by atoms with E-state index in [1.54, 1.807) is 25.3 Å². The van der Waals surface area contributed by atoms with Gasteiger partial charge in [0.25, 0.3) is 5.91 Å². The summed E-state index contributed by atoms with van der Waals surface area (Å²) in [5.41, 5.74) is 5.38. The van der Waals surface area contributed by atoms with Crippen molar-refractivity contribution in [3.63, 3.8) is 0 Å². The Hall–Kier alpha value is -4.30. The molecule has 0 saturated carbocycles. The van der Waals surface area contributed by atoms with Gasteiger partial charge in [0.1, 0.15) is 6.61 Å². The van der Waals surface area contributed by atoms with E-state index in [4.69, 9.17) is 9.47 Å². The Balaban J connectivity index is 1.29. The van der Waals surface area contributed by atoms with E-state index in [0.717, 1.165) is 37.9 Å². The lowest BCUT2D eigenvalue weighted by atomic mass is 9.98. The number of nitrogens with one attached hydrogen (secondary N) is 3. The average molecular weight is 557 g/mol. The van der Waals surface area contributed by atoms with Crippen LogP contribution in [0.2, 0.25) is 0 Å². The van der Waals surface area contributed by atoms with Crippen molar-refractivity contribution in [2.75, 3.05) is 37.9 Å². The molecular formula is C33H40N4O4. The van der Waals surface area contributed by atoms with E-state index in [1.807, 2.05) is 62.4 Å². The Morgan fingerprint density at radius 2 is 1.61 bits per heavy atom. The molecule has 4 rings (SSSR count). The lowest BCUT2D eigenvalue weighted by Crippen LogP contribution is -2.37. The molecule has 41 heavy (non-hydrogen) atoms. The zero-order chi connectivity index (χ0) is 29.2. The van der Waals surface area contributed by atoms with Crippen LogP contribution in [0, 0.1) is 0 Å². The van der Waals surface area contributed by atoms with Gasteiger partial charge >= 0.3 is 6.03 Å². The molecule has 1 heterocycles. The number of urea groups is 1. The number of nitrogens with zero attached hydrogens (tertiary/aromatic N) is 1. The molecular weight excluding hydrogens is 516 g/mol. The first-order valence-electron chi connectivity index (χ1n) is 14.1. The Morgan fingerprint density at radius 1 is 0.902 bits per heavy atom. The van der Waals surface area contributed by atoms with Gasteiger partial charge in [0.15, 0.2) is 11.5 Å². The van der Waals surface area contributed by atoms with E-state index in [9.17, 15) is 9.59 Å². The summed E-state index contributed by atoms with van der Waals surface area (Å²) in [4.78, 5) is 27.3. The molecule has 8 nitrogen and oxygen atoms in total. The molecule has 1 aliphatic heterocycles. The van der Waals surface area contributed by atoms with Crippen molar-refractivity contribution >= 4 is 28.9 Å². The van der Waals surface area contributed by atoms with Crippen molar-refractivity contribution in [3.05, 3.63) is 89.5 Å². The van der Waals surface area contributed by atoms with Crippen LogP contribution in [-0.4, -0.2) is 50.1 Å². The van der Waals surface area contributed by atoms with E-state index >= 15 is 0 Å². The molecule has 0 bridgehead atoms. The largest absolute Gasteiger partial charge is 0.493 e. The van der Waals surface area contributed by atoms with Crippen LogP contribution in [0.1, 0.15) is 54.6 Å². The molecule has 3 aromatic rings. The van der Waals surface area contributed by atoms with Crippen molar-refractivity contribution in [2.24, 2.45) is 0 Å². The van der Waals surface area contributed by atoms with Gasteiger partial charge in [-0.3, -0.25) is 4.79 Å². The van der Waals surface area contributed by atoms with E-state index in [-0.39, 0.29) is 18.0 Å². The summed E-state index contributed by atoms with van der Waals surface area (Å²) in [5.74, 6) is 0.938. The second kappa shape index (κ2) is 14.4. The zero-order valence-corrected chi connectivity index (χ0v) is 24.3. The monoisotopic (exact) mass is 556 g/mol. The molecule has 8 heteroatoms. The first-order chi connectivity index (χ1) is 19.9. The number of methoxy groups -OCH3 is 1. The van der Waals surface area contributed by atoms with Crippen molar-refractivity contribution in [2.45, 2.75) is 45.8 Å². The predicted octanol–water partition coefficient (Wildman–Crippen LogP) is 6.56. The number of amides is 3. The fourth-order valence-corrected chi connectivity index (χ4v) is 4.63. The highest BCUT2D eigenvalue weighted by atomic mass is 16.5. The molecule has 3 amide bonds. The van der Waals surface area contributed by atoms with Crippen LogP contribution in [0.5, 0.6) is 11.5 Å². The minimum Gasteiger partial charge on any atom is -0.493 e. The molecule has 3 N–H and O–H groups in total. The van der Waals surface area contributed by atoms with Crippen molar-refractivity contribution in [1.82, 2.24) is 10.2 Å². The lowest BCUT2D eigenvalue weighted by molar-refractivity contribution is 0.102. The van der Waals surface area contributed by atoms with Crippen LogP contribution < -0.4 is 25.4 Å². The zero-order valence-electron chi connectivity index (χ0n) is 24.3. The third-order valence-corrected chi connectivity index (χ3v) is 7.28. The average Bonchev–Trinajstić information content (AvgIpc) is 3.00. The van der Waals surface area contributed by atoms with Gasteiger partial charge in [-0.05, 0) is 79.4 Å². The lowest BCUT2D eigenvalue weighted by Gasteiger charge is -2.22. The molecule has 0 radical (unpaired) electrons. The van der Waals surface area contributed by atoms with Crippen LogP contribution in [-0.2, 0) is 6.61 Å². The van der Waals surface area contributed by atoms with E-state index in [0.29, 0.717) is 35.0 Å². The number of benzene rings is 3. The second-order valence-corrected chi connectivity index (χ2v) is 10.2. The van der Waals surface area contributed by atoms with Crippen LogP contribution in [0.3, 0.4) is 0 Å². The Morgan fingerprint density at radius 3 is 2.24 bits per heavy atom. The third kappa shape index (κ3) is 8.35. The van der Waals surface area contributed by atoms with Gasteiger partial charge in [-0.25, -0.2) is 4.79 Å². The molecule has 1 aliphatic rings. The van der Waals surface area contributed by atoms with Crippen LogP contribution in [0.15, 0.2) is 72.8 Å². The summed E-state index contributed by atoms with van der Waals surface area (Å²) in [6.45, 7) is 6.41. The minimum absolute atomic E-state index is 0.137. The molecule has 0 fully saturated rings. The number of ether oxygens (including phenoxy) is 2. The van der Waals surface area contributed by atoms with Crippen molar-refractivity contribution < 1.29 is 19.1 Å². The number of anilines is 2. The molecule has 0 unspecified atom stereocenters. The van der Waals surface area contributed by atoms with Crippen LogP contribution in [0.25, 0.3) is 5.57 Å². The summed E-state index contributed by atoms with van der Waals surface area (Å²) in [7, 11) is 3.68. The summed E-state index contributed by atoms with van der Waals surface area (Å²) >= 11 is 0. The molecule has 3 aromatic carbocycles. The van der Waals surface area contributed by atoms with Crippen LogP contribution in [0.4, 0.5) is 16.2 Å². The highest BCUT2D eigenvalue weighted by Gasteiger charge is 2.13. The van der Waals surface area contributed by atoms with Crippen LogP contribution >= 0.6 is 0 Å². The fraction of sp³-hybridized carbons (Fsp3) is 0.333. The SMILES string of the molecule is CCC(CC)NC(=O)Nc1ccc(OCc2ccc(NC(=O)c3ccc(C4=CCN(C)CC4)cc3)cc2)c(OC)c1. The molecule has 216 valence electrons. The molecule has 0 spiro atoms. The summed E-state index contributed by atoms with van der Waals surface area (Å²) in [5, 5.41) is 8.76. The number of carbonyl (C=O) groups excluding carboxylic acids is 2. The van der Waals surface area contributed by atoms with Gasteiger partial charge in [-0.2, -0.15) is 0 Å². The maximum atomic E-state index is 12.8. The topological polar surface area (TPSA) is 91.9 Å². The van der Waals surface area contributed by atoms with E-state index in [2.05, 4.69) is 34.0 Å². The highest BCUT2D eigenvalue weighted by molar-refractivity contribution is 6.04. The fourth-order valence-electron chi connectivity index (χ4n) is 4.63. The van der Waals surface area contributed by atoms with Gasteiger partial charge in [-0.15, -0.1) is 0 Å². The summed E-state index contributed by atoms with van der Waals surface area (Å²) < 4.78 is 11.5. The molecule has 0 saturated heterocycles. The quantitative estimate of drug-likeness (QED) is 0.249. The van der Waals surface area contributed by atoms with Crippen molar-refractivity contribution in [3.8, 4) is 11.5 Å². The smallest absolute Gasteiger partial charge is 0.319 e. The summed E-state index contributed by atoms with van der Waals surface area (Å²) in [6.07, 6.45) is 5.02. The van der Waals surface area contributed by atoms with Gasteiger partial charge in [-0.1, -0.05) is 44.2 Å². The number of hydrogen-bond donors (Lipinski definition) is 3. The number of hydrogen-bond acceptors (Lipinski definition) is 5. The normalized spacial score (nSPS) is 13.3. The molecule has 0 aliphatic carbocycles. The van der Waals surface area contributed by atoms with Crippen molar-refractivity contribution in [1.29, 1.82) is 0 Å². The first kappa shape index (κ1) is 29.7. The molecule has 0 aromatic heterocycles. The van der Waals surface area contributed by atoms with E-state index < -0.39 is 0 Å². The van der Waals surface area contributed by atoms with Gasteiger partial charge in [0, 0.05) is 42.1 Å². The maximum Gasteiger partial charge on any atom is 0.319 e. The Bertz CT molecular complexity index is 1350. The van der Waals surface area contributed by atoms with Gasteiger partial charge in [0.05, 0.1) is 7.11 Å². The summed E-state index contributed by atoms with van der Waals surface area (Å²) in [6, 6.07) is 20.5. The predicted molar refractivity (Wildman–Crippen MR) is 165 cm³/mol.